The van der Waals surface area contributed by atoms with Crippen molar-refractivity contribution < 1.29 is 45.3 Å². The standard InChI is InChI=1S/C25H32O9/c26-17(6-3-15-5-8-19(28)21(30)11-15)9-16(2-1-14-4-7-18(27)20(29)10-14)12-23-25(33)24(32)22(31)13-34-23/h4-5,7-8,10-11,16,22-25,27-33H,1-3,6,9,12-13H2/t16-,22+,23-,24-,25-/m0/s1. The molecule has 9 nitrogen and oxygen atoms in total. The number of ketones is 1. The van der Waals surface area contributed by atoms with E-state index in [9.17, 15) is 40.5 Å². The molecule has 2 aromatic carbocycles. The van der Waals surface area contributed by atoms with Gasteiger partial charge < -0.3 is 40.5 Å². The van der Waals surface area contributed by atoms with E-state index in [-0.39, 0.29) is 54.1 Å². The van der Waals surface area contributed by atoms with Gasteiger partial charge in [-0.1, -0.05) is 12.1 Å². The number of phenols is 4. The molecule has 1 aliphatic rings. The highest BCUT2D eigenvalue weighted by molar-refractivity contribution is 5.78. The van der Waals surface area contributed by atoms with Gasteiger partial charge in [-0.05, 0) is 67.0 Å². The van der Waals surface area contributed by atoms with Crippen molar-refractivity contribution in [1.29, 1.82) is 0 Å². The second kappa shape index (κ2) is 11.5. The predicted octanol–water partition coefficient (Wildman–Crippen LogP) is 1.52. The second-order valence-electron chi connectivity index (χ2n) is 8.95. The molecule has 0 aliphatic carbocycles. The average molecular weight is 477 g/mol. The minimum Gasteiger partial charge on any atom is -0.504 e. The fourth-order valence-corrected chi connectivity index (χ4v) is 4.23. The Morgan fingerprint density at radius 3 is 2.03 bits per heavy atom. The SMILES string of the molecule is O=C(CCc1ccc(O)c(O)c1)C[C@H](CCc1ccc(O)c(O)c1)C[C@@H]1OC[C@@H](O)[C@H](O)[C@H]1O. The van der Waals surface area contributed by atoms with E-state index in [1.54, 1.807) is 12.1 Å². The van der Waals surface area contributed by atoms with Gasteiger partial charge in [0, 0.05) is 12.8 Å². The minimum atomic E-state index is -1.33. The summed E-state index contributed by atoms with van der Waals surface area (Å²) in [6.45, 7) is -0.111. The van der Waals surface area contributed by atoms with Crippen molar-refractivity contribution in [2.75, 3.05) is 6.61 Å². The van der Waals surface area contributed by atoms with Crippen molar-refractivity contribution >= 4 is 5.78 Å². The lowest BCUT2D eigenvalue weighted by Crippen LogP contribution is -2.53. The van der Waals surface area contributed by atoms with Crippen molar-refractivity contribution in [3.8, 4) is 23.0 Å². The second-order valence-corrected chi connectivity index (χ2v) is 8.95. The van der Waals surface area contributed by atoms with Crippen LogP contribution in [0.4, 0.5) is 0 Å². The highest BCUT2D eigenvalue weighted by Crippen LogP contribution is 2.30. The summed E-state index contributed by atoms with van der Waals surface area (Å²) in [6, 6.07) is 8.94. The number of rotatable bonds is 10. The van der Waals surface area contributed by atoms with E-state index in [2.05, 4.69) is 0 Å². The van der Waals surface area contributed by atoms with Gasteiger partial charge >= 0.3 is 0 Å². The summed E-state index contributed by atoms with van der Waals surface area (Å²) in [5.41, 5.74) is 1.48. The first kappa shape index (κ1) is 25.8. The summed E-state index contributed by atoms with van der Waals surface area (Å²) in [6.07, 6.45) is -2.39. The third kappa shape index (κ3) is 6.83. The first-order valence-electron chi connectivity index (χ1n) is 11.3. The number of aromatic hydroxyl groups is 4. The molecule has 5 atom stereocenters. The molecule has 34 heavy (non-hydrogen) atoms. The van der Waals surface area contributed by atoms with Crippen LogP contribution in [0.2, 0.25) is 0 Å². The van der Waals surface area contributed by atoms with Gasteiger partial charge in [0.15, 0.2) is 23.0 Å². The smallest absolute Gasteiger partial charge is 0.157 e. The molecule has 1 aliphatic heterocycles. The summed E-state index contributed by atoms with van der Waals surface area (Å²) >= 11 is 0. The topological polar surface area (TPSA) is 168 Å². The maximum atomic E-state index is 12.8. The van der Waals surface area contributed by atoms with Crippen LogP contribution in [-0.4, -0.2) is 72.6 Å². The number of aryl methyl sites for hydroxylation is 2. The molecule has 0 radical (unpaired) electrons. The third-order valence-electron chi connectivity index (χ3n) is 6.30. The van der Waals surface area contributed by atoms with Crippen molar-refractivity contribution in [1.82, 2.24) is 0 Å². The Morgan fingerprint density at radius 1 is 0.853 bits per heavy atom. The van der Waals surface area contributed by atoms with Crippen LogP contribution in [0.3, 0.4) is 0 Å². The van der Waals surface area contributed by atoms with E-state index >= 15 is 0 Å². The summed E-state index contributed by atoms with van der Waals surface area (Å²) in [7, 11) is 0. The number of phenolic OH excluding ortho intramolecular Hbond substituents is 4. The van der Waals surface area contributed by atoms with Crippen LogP contribution in [0, 0.1) is 5.92 Å². The summed E-state index contributed by atoms with van der Waals surface area (Å²) in [4.78, 5) is 12.8. The van der Waals surface area contributed by atoms with Crippen molar-refractivity contribution in [2.24, 2.45) is 5.92 Å². The van der Waals surface area contributed by atoms with Crippen molar-refractivity contribution in [2.45, 2.75) is 62.9 Å². The van der Waals surface area contributed by atoms with Gasteiger partial charge in [-0.3, -0.25) is 4.79 Å². The molecule has 7 N–H and O–H groups in total. The molecule has 2 aromatic rings. The van der Waals surface area contributed by atoms with E-state index < -0.39 is 24.4 Å². The molecule has 1 fully saturated rings. The molecule has 9 heteroatoms. The highest BCUT2D eigenvalue weighted by atomic mass is 16.5. The van der Waals surface area contributed by atoms with Crippen molar-refractivity contribution in [3.63, 3.8) is 0 Å². The maximum absolute atomic E-state index is 12.8. The van der Waals surface area contributed by atoms with Crippen LogP contribution < -0.4 is 0 Å². The van der Waals surface area contributed by atoms with Crippen LogP contribution in [-0.2, 0) is 22.4 Å². The Kier molecular flexibility index (Phi) is 8.73. The van der Waals surface area contributed by atoms with Gasteiger partial charge in [0.25, 0.3) is 0 Å². The zero-order valence-corrected chi connectivity index (χ0v) is 18.7. The fraction of sp³-hybridized carbons (Fsp3) is 0.480. The molecular weight excluding hydrogens is 444 g/mol. The van der Waals surface area contributed by atoms with Crippen LogP contribution in [0.1, 0.15) is 36.8 Å². The fourth-order valence-electron chi connectivity index (χ4n) is 4.23. The molecule has 0 spiro atoms. The summed E-state index contributed by atoms with van der Waals surface area (Å²) in [5.74, 6) is -1.17. The first-order chi connectivity index (χ1) is 16.1. The lowest BCUT2D eigenvalue weighted by Gasteiger charge is -2.37. The molecule has 3 rings (SSSR count). The molecule has 0 amide bonds. The van der Waals surface area contributed by atoms with Crippen LogP contribution in [0.5, 0.6) is 23.0 Å². The van der Waals surface area contributed by atoms with Crippen LogP contribution in [0.25, 0.3) is 0 Å². The third-order valence-corrected chi connectivity index (χ3v) is 6.30. The van der Waals surface area contributed by atoms with Gasteiger partial charge in [0.2, 0.25) is 0 Å². The lowest BCUT2D eigenvalue weighted by molar-refractivity contribution is -0.191. The zero-order chi connectivity index (χ0) is 24.8. The summed E-state index contributed by atoms with van der Waals surface area (Å²) in [5, 5.41) is 68.3. The zero-order valence-electron chi connectivity index (χ0n) is 18.7. The molecule has 186 valence electrons. The maximum Gasteiger partial charge on any atom is 0.157 e. The van der Waals surface area contributed by atoms with Crippen molar-refractivity contribution in [3.05, 3.63) is 47.5 Å². The number of hydrogen-bond donors (Lipinski definition) is 7. The van der Waals surface area contributed by atoms with E-state index in [4.69, 9.17) is 4.74 Å². The number of aliphatic hydroxyl groups is 3. The van der Waals surface area contributed by atoms with E-state index in [0.29, 0.717) is 31.2 Å². The number of carbonyl (C=O) groups excluding carboxylic acids is 1. The van der Waals surface area contributed by atoms with Crippen LogP contribution >= 0.6 is 0 Å². The van der Waals surface area contributed by atoms with Gasteiger partial charge in [0.1, 0.15) is 24.1 Å². The van der Waals surface area contributed by atoms with Gasteiger partial charge in [-0.25, -0.2) is 0 Å². The Balaban J connectivity index is 1.63. The number of carbonyl (C=O) groups is 1. The number of Topliss-reactive ketones (excluding diaryl/α,β-unsaturated/α-hetero) is 1. The largest absolute Gasteiger partial charge is 0.504 e. The molecule has 1 saturated heterocycles. The van der Waals surface area contributed by atoms with Gasteiger partial charge in [0.05, 0.1) is 12.7 Å². The number of hydrogen-bond acceptors (Lipinski definition) is 9. The molecule has 0 bridgehead atoms. The lowest BCUT2D eigenvalue weighted by atomic mass is 9.85. The highest BCUT2D eigenvalue weighted by Gasteiger charge is 2.38. The monoisotopic (exact) mass is 476 g/mol. The number of ether oxygens (including phenoxy) is 1. The average Bonchev–Trinajstić information content (AvgIpc) is 2.80. The summed E-state index contributed by atoms with van der Waals surface area (Å²) < 4.78 is 5.53. The molecule has 1 heterocycles. The van der Waals surface area contributed by atoms with E-state index in [1.807, 2.05) is 0 Å². The molecular formula is C25H32O9. The van der Waals surface area contributed by atoms with E-state index in [0.717, 1.165) is 5.56 Å². The minimum absolute atomic E-state index is 0.0306. The van der Waals surface area contributed by atoms with Gasteiger partial charge in [-0.2, -0.15) is 0 Å². The van der Waals surface area contributed by atoms with Crippen LogP contribution in [0.15, 0.2) is 36.4 Å². The normalized spacial score (nSPS) is 23.5. The molecule has 0 unspecified atom stereocenters. The Bertz CT molecular complexity index is 977. The number of benzene rings is 2. The Morgan fingerprint density at radius 2 is 1.44 bits per heavy atom. The van der Waals surface area contributed by atoms with Gasteiger partial charge in [-0.15, -0.1) is 0 Å². The predicted molar refractivity (Wildman–Crippen MR) is 122 cm³/mol. The quantitative estimate of drug-likeness (QED) is 0.251. The molecule has 0 aromatic heterocycles. The Hall–Kier alpha value is -2.85. The number of aliphatic hydroxyl groups excluding tert-OH is 3. The van der Waals surface area contributed by atoms with E-state index in [1.165, 1.54) is 24.3 Å². The Labute approximate surface area is 197 Å². The first-order valence-corrected chi connectivity index (χ1v) is 11.3. The molecule has 0 saturated carbocycles.